The number of aryl methyl sites for hydroxylation is 1. The van der Waals surface area contributed by atoms with Crippen molar-refractivity contribution in [3.8, 4) is 0 Å². The third kappa shape index (κ3) is 3.39. The number of hydrogen-bond donors (Lipinski definition) is 1. The fraction of sp³-hybridized carbons (Fsp3) is 0.684. The number of benzene rings is 1. The van der Waals surface area contributed by atoms with Gasteiger partial charge in [0, 0.05) is 0 Å². The lowest BCUT2D eigenvalue weighted by atomic mass is 10.0. The molecule has 0 saturated carbocycles. The van der Waals surface area contributed by atoms with E-state index in [0.717, 1.165) is 5.56 Å². The number of fused-ring (bicyclic) bond motifs is 3. The largest absolute Gasteiger partial charge is 0.375 e. The quantitative estimate of drug-likeness (QED) is 0.794. The molecular formula is C19H26O8S. The van der Waals surface area contributed by atoms with Crippen molar-refractivity contribution in [1.82, 2.24) is 0 Å². The minimum Gasteiger partial charge on any atom is -0.375 e. The molecule has 3 aliphatic rings. The Hall–Kier alpha value is -1.07. The first-order valence-corrected chi connectivity index (χ1v) is 10.8. The molecule has 1 unspecified atom stereocenters. The molecule has 1 aromatic carbocycles. The smallest absolute Gasteiger partial charge is 0.207 e. The third-order valence-electron chi connectivity index (χ3n) is 5.14. The molecule has 3 heterocycles. The summed E-state index contributed by atoms with van der Waals surface area (Å²) in [6.45, 7) is 8.71. The molecule has 0 aliphatic carbocycles. The molecule has 0 radical (unpaired) electrons. The van der Waals surface area contributed by atoms with E-state index < -0.39 is 57.6 Å². The second-order valence-corrected chi connectivity index (χ2v) is 10.4. The van der Waals surface area contributed by atoms with Gasteiger partial charge in [-0.15, -0.1) is 0 Å². The lowest BCUT2D eigenvalue weighted by Crippen LogP contribution is -2.60. The van der Waals surface area contributed by atoms with E-state index in [0.29, 0.717) is 0 Å². The van der Waals surface area contributed by atoms with Crippen molar-refractivity contribution in [2.75, 3.05) is 0 Å². The Bertz CT molecular complexity index is 847. The summed E-state index contributed by atoms with van der Waals surface area (Å²) in [5, 5.41) is 10.8. The van der Waals surface area contributed by atoms with Crippen molar-refractivity contribution in [2.45, 2.75) is 87.2 Å². The number of sulfone groups is 1. The van der Waals surface area contributed by atoms with Gasteiger partial charge in [-0.05, 0) is 46.8 Å². The predicted molar refractivity (Wildman–Crippen MR) is 96.9 cm³/mol. The highest BCUT2D eigenvalue weighted by Gasteiger charge is 2.63. The standard InChI is InChI=1S/C19H26O8S/c1-10-6-8-11(9-7-10)28(21,22)16(20)14-12-13(24-18(2,3)25-14)15-17(23-12)27-19(4,5)26-15/h6-9,12-17,20H,1-5H3/t12-,13-,14+,15+,16?,17+/m0/s1. The van der Waals surface area contributed by atoms with Gasteiger partial charge < -0.3 is 28.8 Å². The number of aliphatic hydroxyl groups excluding tert-OH is 1. The molecule has 0 aromatic heterocycles. The van der Waals surface area contributed by atoms with E-state index in [9.17, 15) is 13.5 Å². The summed E-state index contributed by atoms with van der Waals surface area (Å²) in [4.78, 5) is 0.0156. The molecule has 6 atom stereocenters. The van der Waals surface area contributed by atoms with Gasteiger partial charge in [0.25, 0.3) is 0 Å². The molecule has 8 nitrogen and oxygen atoms in total. The summed E-state index contributed by atoms with van der Waals surface area (Å²) in [5.41, 5.74) is -0.918. The van der Waals surface area contributed by atoms with Crippen molar-refractivity contribution in [1.29, 1.82) is 0 Å². The Labute approximate surface area is 164 Å². The van der Waals surface area contributed by atoms with E-state index >= 15 is 0 Å². The van der Waals surface area contributed by atoms with Gasteiger partial charge in [0.15, 0.2) is 23.3 Å². The molecule has 3 aliphatic heterocycles. The molecule has 4 rings (SSSR count). The predicted octanol–water partition coefficient (Wildman–Crippen LogP) is 1.48. The highest BCUT2D eigenvalue weighted by atomic mass is 32.2. The lowest BCUT2D eigenvalue weighted by molar-refractivity contribution is -0.349. The maximum absolute atomic E-state index is 13.0. The number of ether oxygens (including phenoxy) is 5. The van der Waals surface area contributed by atoms with Gasteiger partial charge in [-0.3, -0.25) is 0 Å². The van der Waals surface area contributed by atoms with Gasteiger partial charge in [-0.1, -0.05) is 17.7 Å². The van der Waals surface area contributed by atoms with Crippen molar-refractivity contribution >= 4 is 9.84 Å². The van der Waals surface area contributed by atoms with Crippen LogP contribution in [0.3, 0.4) is 0 Å². The molecule has 28 heavy (non-hydrogen) atoms. The van der Waals surface area contributed by atoms with Gasteiger partial charge in [0.2, 0.25) is 9.84 Å². The number of rotatable bonds is 3. The maximum Gasteiger partial charge on any atom is 0.207 e. The van der Waals surface area contributed by atoms with E-state index in [1.807, 2.05) is 6.92 Å². The zero-order valence-electron chi connectivity index (χ0n) is 16.5. The van der Waals surface area contributed by atoms with Crippen LogP contribution < -0.4 is 0 Å². The summed E-state index contributed by atoms with van der Waals surface area (Å²) in [6.07, 6.45) is -3.92. The van der Waals surface area contributed by atoms with Gasteiger partial charge in [0.1, 0.15) is 24.4 Å². The Morgan fingerprint density at radius 2 is 1.46 bits per heavy atom. The fourth-order valence-corrected chi connectivity index (χ4v) is 5.28. The van der Waals surface area contributed by atoms with Crippen LogP contribution in [-0.2, 0) is 33.5 Å². The molecule has 3 saturated heterocycles. The SMILES string of the molecule is Cc1ccc(S(=O)(=O)C(O)[C@@H]2OC(C)(C)O[C@@H]3[C@H]4OC(C)(C)O[C@H]4O[C@@H]32)cc1. The molecule has 3 fully saturated rings. The topological polar surface area (TPSA) is 101 Å². The Balaban J connectivity index is 1.64. The second-order valence-electron chi connectivity index (χ2n) is 8.38. The highest BCUT2D eigenvalue weighted by molar-refractivity contribution is 7.92. The van der Waals surface area contributed by atoms with Crippen LogP contribution in [0.2, 0.25) is 0 Å². The zero-order valence-corrected chi connectivity index (χ0v) is 17.3. The Kier molecular flexibility index (Phi) is 4.67. The Morgan fingerprint density at radius 3 is 2.11 bits per heavy atom. The average Bonchev–Trinajstić information content (AvgIpc) is 3.05. The van der Waals surface area contributed by atoms with Crippen LogP contribution in [0.25, 0.3) is 0 Å². The van der Waals surface area contributed by atoms with Crippen LogP contribution in [0.4, 0.5) is 0 Å². The zero-order chi connectivity index (χ0) is 20.5. The van der Waals surface area contributed by atoms with E-state index in [2.05, 4.69) is 0 Å². The lowest BCUT2D eigenvalue weighted by Gasteiger charge is -2.44. The van der Waals surface area contributed by atoms with Crippen LogP contribution in [0, 0.1) is 6.92 Å². The van der Waals surface area contributed by atoms with Crippen LogP contribution in [0.15, 0.2) is 29.2 Å². The van der Waals surface area contributed by atoms with Crippen molar-refractivity contribution in [2.24, 2.45) is 0 Å². The van der Waals surface area contributed by atoms with Crippen LogP contribution >= 0.6 is 0 Å². The van der Waals surface area contributed by atoms with Crippen molar-refractivity contribution in [3.63, 3.8) is 0 Å². The van der Waals surface area contributed by atoms with Gasteiger partial charge in [0.05, 0.1) is 4.90 Å². The highest BCUT2D eigenvalue weighted by Crippen LogP contribution is 2.45. The van der Waals surface area contributed by atoms with Gasteiger partial charge in [-0.25, -0.2) is 8.42 Å². The molecule has 1 N–H and O–H groups in total. The summed E-state index contributed by atoms with van der Waals surface area (Å²) < 4.78 is 55.3. The average molecular weight is 414 g/mol. The molecular weight excluding hydrogens is 388 g/mol. The van der Waals surface area contributed by atoms with Crippen LogP contribution in [0.1, 0.15) is 33.3 Å². The fourth-order valence-electron chi connectivity index (χ4n) is 3.92. The van der Waals surface area contributed by atoms with E-state index in [1.54, 1.807) is 39.8 Å². The molecule has 0 bridgehead atoms. The number of aliphatic hydroxyl groups is 1. The summed E-state index contributed by atoms with van der Waals surface area (Å²) in [5.74, 6) is -1.97. The van der Waals surface area contributed by atoms with Crippen LogP contribution in [-0.4, -0.2) is 61.2 Å². The first kappa shape index (κ1) is 20.2. The van der Waals surface area contributed by atoms with Crippen LogP contribution in [0.5, 0.6) is 0 Å². The monoisotopic (exact) mass is 414 g/mol. The van der Waals surface area contributed by atoms with Gasteiger partial charge >= 0.3 is 0 Å². The first-order valence-electron chi connectivity index (χ1n) is 9.25. The molecule has 9 heteroatoms. The molecule has 1 aromatic rings. The summed E-state index contributed by atoms with van der Waals surface area (Å²) in [7, 11) is -4.08. The van der Waals surface area contributed by atoms with Crippen molar-refractivity contribution in [3.05, 3.63) is 29.8 Å². The first-order chi connectivity index (χ1) is 12.9. The molecule has 0 amide bonds. The maximum atomic E-state index is 13.0. The van der Waals surface area contributed by atoms with E-state index in [1.165, 1.54) is 12.1 Å². The van der Waals surface area contributed by atoms with E-state index in [4.69, 9.17) is 23.7 Å². The van der Waals surface area contributed by atoms with Crippen molar-refractivity contribution < 1.29 is 37.2 Å². The second kappa shape index (κ2) is 6.46. The summed E-state index contributed by atoms with van der Waals surface area (Å²) >= 11 is 0. The van der Waals surface area contributed by atoms with Gasteiger partial charge in [-0.2, -0.15) is 0 Å². The summed E-state index contributed by atoms with van der Waals surface area (Å²) in [6, 6.07) is 6.29. The molecule has 156 valence electrons. The number of hydrogen-bond acceptors (Lipinski definition) is 8. The molecule has 0 spiro atoms. The third-order valence-corrected chi connectivity index (χ3v) is 6.97. The Morgan fingerprint density at radius 1 is 0.893 bits per heavy atom. The minimum atomic E-state index is -4.08. The minimum absolute atomic E-state index is 0.0156. The van der Waals surface area contributed by atoms with E-state index in [-0.39, 0.29) is 4.90 Å². The normalized spacial score (nSPS) is 37.3.